The van der Waals surface area contributed by atoms with E-state index < -0.39 is 0 Å². The SMILES string of the molecule is O=C(Nc1ccc(NC2CC2)cc1)C1CCCCC1. The van der Waals surface area contributed by atoms with Crippen LogP contribution in [-0.2, 0) is 4.79 Å². The molecule has 3 nitrogen and oxygen atoms in total. The van der Waals surface area contributed by atoms with Crippen LogP contribution in [0.3, 0.4) is 0 Å². The molecule has 2 saturated carbocycles. The average molecular weight is 258 g/mol. The molecule has 0 aromatic heterocycles. The maximum Gasteiger partial charge on any atom is 0.227 e. The first-order valence-electron chi connectivity index (χ1n) is 7.49. The molecule has 0 saturated heterocycles. The van der Waals surface area contributed by atoms with Crippen LogP contribution in [0.15, 0.2) is 24.3 Å². The van der Waals surface area contributed by atoms with E-state index in [9.17, 15) is 4.79 Å². The minimum atomic E-state index is 0.197. The lowest BCUT2D eigenvalue weighted by atomic mass is 9.88. The highest BCUT2D eigenvalue weighted by atomic mass is 16.1. The van der Waals surface area contributed by atoms with Crippen molar-refractivity contribution in [1.82, 2.24) is 0 Å². The third kappa shape index (κ3) is 3.49. The zero-order chi connectivity index (χ0) is 13.1. The van der Waals surface area contributed by atoms with Crippen LogP contribution < -0.4 is 10.6 Å². The molecule has 1 aromatic rings. The fraction of sp³-hybridized carbons (Fsp3) is 0.562. The standard InChI is InChI=1S/C16H22N2O/c19-16(12-4-2-1-3-5-12)18-15-10-8-14(9-11-15)17-13-6-7-13/h8-13,17H,1-7H2,(H,18,19). The van der Waals surface area contributed by atoms with Gasteiger partial charge in [0.15, 0.2) is 0 Å². The summed E-state index contributed by atoms with van der Waals surface area (Å²) in [6.07, 6.45) is 8.33. The number of benzene rings is 1. The molecule has 0 heterocycles. The Morgan fingerprint density at radius 1 is 0.895 bits per heavy atom. The van der Waals surface area contributed by atoms with Gasteiger partial charge in [-0.2, -0.15) is 0 Å². The molecule has 3 rings (SSSR count). The molecule has 0 atom stereocenters. The summed E-state index contributed by atoms with van der Waals surface area (Å²) in [6.45, 7) is 0. The number of nitrogens with one attached hydrogen (secondary N) is 2. The van der Waals surface area contributed by atoms with Crippen LogP contribution in [0.5, 0.6) is 0 Å². The molecule has 2 aliphatic rings. The van der Waals surface area contributed by atoms with Gasteiger partial charge < -0.3 is 10.6 Å². The Bertz CT molecular complexity index is 431. The second kappa shape index (κ2) is 5.64. The largest absolute Gasteiger partial charge is 0.382 e. The Labute approximate surface area is 114 Å². The topological polar surface area (TPSA) is 41.1 Å². The molecule has 0 bridgehead atoms. The molecule has 102 valence electrons. The summed E-state index contributed by atoms with van der Waals surface area (Å²) in [5.74, 6) is 0.417. The Balaban J connectivity index is 1.54. The number of hydrogen-bond acceptors (Lipinski definition) is 2. The Kier molecular flexibility index (Phi) is 3.72. The van der Waals surface area contributed by atoms with Gasteiger partial charge >= 0.3 is 0 Å². The van der Waals surface area contributed by atoms with Crippen molar-refractivity contribution in [2.75, 3.05) is 10.6 Å². The van der Waals surface area contributed by atoms with E-state index >= 15 is 0 Å². The predicted octanol–water partition coefficient (Wildman–Crippen LogP) is 3.78. The van der Waals surface area contributed by atoms with Crippen LogP contribution in [0.4, 0.5) is 11.4 Å². The highest BCUT2D eigenvalue weighted by Crippen LogP contribution is 2.27. The van der Waals surface area contributed by atoms with Crippen molar-refractivity contribution >= 4 is 17.3 Å². The first-order valence-corrected chi connectivity index (χ1v) is 7.49. The van der Waals surface area contributed by atoms with Gasteiger partial charge in [-0.15, -0.1) is 0 Å². The normalized spacial score (nSPS) is 20.0. The van der Waals surface area contributed by atoms with E-state index in [-0.39, 0.29) is 11.8 Å². The second-order valence-electron chi connectivity index (χ2n) is 5.82. The van der Waals surface area contributed by atoms with Crippen LogP contribution in [0.1, 0.15) is 44.9 Å². The van der Waals surface area contributed by atoms with Gasteiger partial charge in [0.2, 0.25) is 5.91 Å². The monoisotopic (exact) mass is 258 g/mol. The molecular formula is C16H22N2O. The van der Waals surface area contributed by atoms with Crippen molar-refractivity contribution in [3.63, 3.8) is 0 Å². The molecule has 0 radical (unpaired) electrons. The smallest absolute Gasteiger partial charge is 0.227 e. The number of rotatable bonds is 4. The minimum absolute atomic E-state index is 0.197. The lowest BCUT2D eigenvalue weighted by Crippen LogP contribution is -2.24. The number of carbonyl (C=O) groups is 1. The average Bonchev–Trinajstić information content (AvgIpc) is 3.26. The van der Waals surface area contributed by atoms with Crippen LogP contribution in [-0.4, -0.2) is 11.9 Å². The molecule has 0 aliphatic heterocycles. The van der Waals surface area contributed by atoms with E-state index in [4.69, 9.17) is 0 Å². The van der Waals surface area contributed by atoms with Crippen molar-refractivity contribution < 1.29 is 4.79 Å². The fourth-order valence-electron chi connectivity index (χ4n) is 2.72. The molecular weight excluding hydrogens is 236 g/mol. The van der Waals surface area contributed by atoms with Crippen molar-refractivity contribution in [2.24, 2.45) is 5.92 Å². The molecule has 2 N–H and O–H groups in total. The van der Waals surface area contributed by atoms with Gasteiger partial charge in [-0.3, -0.25) is 4.79 Å². The zero-order valence-corrected chi connectivity index (χ0v) is 11.3. The molecule has 2 aliphatic carbocycles. The van der Waals surface area contributed by atoms with Gasteiger partial charge in [-0.1, -0.05) is 19.3 Å². The Hall–Kier alpha value is -1.51. The molecule has 19 heavy (non-hydrogen) atoms. The zero-order valence-electron chi connectivity index (χ0n) is 11.3. The minimum Gasteiger partial charge on any atom is -0.382 e. The maximum absolute atomic E-state index is 12.1. The Morgan fingerprint density at radius 2 is 1.53 bits per heavy atom. The first kappa shape index (κ1) is 12.5. The van der Waals surface area contributed by atoms with Gasteiger partial charge in [0.25, 0.3) is 0 Å². The van der Waals surface area contributed by atoms with Gasteiger partial charge in [-0.05, 0) is 49.9 Å². The predicted molar refractivity (Wildman–Crippen MR) is 78.3 cm³/mol. The molecule has 0 spiro atoms. The Morgan fingerprint density at radius 3 is 2.16 bits per heavy atom. The lowest BCUT2D eigenvalue weighted by Gasteiger charge is -2.20. The summed E-state index contributed by atoms with van der Waals surface area (Å²) in [4.78, 5) is 12.1. The number of amides is 1. The third-order valence-corrected chi connectivity index (χ3v) is 4.08. The van der Waals surface area contributed by atoms with E-state index in [1.54, 1.807) is 0 Å². The number of carbonyl (C=O) groups excluding carboxylic acids is 1. The van der Waals surface area contributed by atoms with Crippen molar-refractivity contribution in [3.8, 4) is 0 Å². The van der Waals surface area contributed by atoms with E-state index in [0.717, 1.165) is 24.2 Å². The van der Waals surface area contributed by atoms with Crippen LogP contribution >= 0.6 is 0 Å². The molecule has 3 heteroatoms. The van der Waals surface area contributed by atoms with Crippen molar-refractivity contribution in [1.29, 1.82) is 0 Å². The third-order valence-electron chi connectivity index (χ3n) is 4.08. The van der Waals surface area contributed by atoms with Crippen LogP contribution in [0.25, 0.3) is 0 Å². The molecule has 2 fully saturated rings. The van der Waals surface area contributed by atoms with E-state index in [1.165, 1.54) is 32.1 Å². The first-order chi connectivity index (χ1) is 9.31. The summed E-state index contributed by atoms with van der Waals surface area (Å²) >= 11 is 0. The van der Waals surface area contributed by atoms with E-state index in [0.29, 0.717) is 6.04 Å². The van der Waals surface area contributed by atoms with E-state index in [1.807, 2.05) is 12.1 Å². The van der Waals surface area contributed by atoms with Crippen molar-refractivity contribution in [2.45, 2.75) is 51.0 Å². The summed E-state index contributed by atoms with van der Waals surface area (Å²) in [6, 6.07) is 8.75. The van der Waals surface area contributed by atoms with Crippen LogP contribution in [0.2, 0.25) is 0 Å². The van der Waals surface area contributed by atoms with Gasteiger partial charge in [0, 0.05) is 23.3 Å². The molecule has 1 aromatic carbocycles. The van der Waals surface area contributed by atoms with Gasteiger partial charge in [-0.25, -0.2) is 0 Å². The summed E-state index contributed by atoms with van der Waals surface area (Å²) in [5.41, 5.74) is 2.06. The summed E-state index contributed by atoms with van der Waals surface area (Å²) < 4.78 is 0. The number of anilines is 2. The number of hydrogen-bond donors (Lipinski definition) is 2. The van der Waals surface area contributed by atoms with Gasteiger partial charge in [0.1, 0.15) is 0 Å². The van der Waals surface area contributed by atoms with Gasteiger partial charge in [0.05, 0.1) is 0 Å². The van der Waals surface area contributed by atoms with E-state index in [2.05, 4.69) is 22.8 Å². The second-order valence-corrected chi connectivity index (χ2v) is 5.82. The van der Waals surface area contributed by atoms with Crippen LogP contribution in [0, 0.1) is 5.92 Å². The quantitative estimate of drug-likeness (QED) is 0.863. The highest BCUT2D eigenvalue weighted by molar-refractivity contribution is 5.92. The fourth-order valence-corrected chi connectivity index (χ4v) is 2.72. The van der Waals surface area contributed by atoms with Crippen molar-refractivity contribution in [3.05, 3.63) is 24.3 Å². The summed E-state index contributed by atoms with van der Waals surface area (Å²) in [7, 11) is 0. The molecule has 1 amide bonds. The molecule has 0 unspecified atom stereocenters. The maximum atomic E-state index is 12.1. The highest BCUT2D eigenvalue weighted by Gasteiger charge is 2.22. The summed E-state index contributed by atoms with van der Waals surface area (Å²) in [5, 5.41) is 6.49. The lowest BCUT2D eigenvalue weighted by molar-refractivity contribution is -0.120.